The summed E-state index contributed by atoms with van der Waals surface area (Å²) in [5.41, 5.74) is 2.49. The maximum absolute atomic E-state index is 11.3. The lowest BCUT2D eigenvalue weighted by atomic mass is 10.1. The van der Waals surface area contributed by atoms with Gasteiger partial charge in [0.2, 0.25) is 5.95 Å². The first-order valence-corrected chi connectivity index (χ1v) is 7.56. The summed E-state index contributed by atoms with van der Waals surface area (Å²) in [4.78, 5) is 20.1. The van der Waals surface area contributed by atoms with Gasteiger partial charge in [-0.25, -0.2) is 4.98 Å². The van der Waals surface area contributed by atoms with Crippen LogP contribution in [0.2, 0.25) is 0 Å². The molecule has 2 aromatic rings. The van der Waals surface area contributed by atoms with E-state index in [9.17, 15) is 4.79 Å². The minimum atomic E-state index is 0.0619. The van der Waals surface area contributed by atoms with E-state index in [2.05, 4.69) is 27.5 Å². The molecular weight excluding hydrogens is 276 g/mol. The Labute approximate surface area is 131 Å². The number of aryl methyl sites for hydroxylation is 1. The van der Waals surface area contributed by atoms with Gasteiger partial charge >= 0.3 is 0 Å². The van der Waals surface area contributed by atoms with Gasteiger partial charge in [-0.3, -0.25) is 4.79 Å². The van der Waals surface area contributed by atoms with Gasteiger partial charge in [-0.2, -0.15) is 4.98 Å². The number of unbranched alkanes of at least 4 members (excludes halogenated alkanes) is 1. The molecule has 0 saturated carbocycles. The van der Waals surface area contributed by atoms with Gasteiger partial charge in [0, 0.05) is 29.6 Å². The van der Waals surface area contributed by atoms with Gasteiger partial charge in [-0.05, 0) is 44.5 Å². The molecule has 116 valence electrons. The number of Topliss-reactive ketones (excluding diaryl/α,β-unsaturated/α-hetero) is 1. The van der Waals surface area contributed by atoms with Gasteiger partial charge in [0.15, 0.2) is 5.78 Å². The van der Waals surface area contributed by atoms with Crippen molar-refractivity contribution in [3.05, 3.63) is 41.6 Å². The van der Waals surface area contributed by atoms with Gasteiger partial charge in [0.1, 0.15) is 5.82 Å². The highest BCUT2D eigenvalue weighted by Crippen LogP contribution is 2.17. The van der Waals surface area contributed by atoms with Gasteiger partial charge < -0.3 is 10.6 Å². The van der Waals surface area contributed by atoms with E-state index >= 15 is 0 Å². The van der Waals surface area contributed by atoms with E-state index in [0.29, 0.717) is 11.5 Å². The number of nitrogens with one attached hydrogen (secondary N) is 2. The molecule has 2 rings (SSSR count). The van der Waals surface area contributed by atoms with Crippen molar-refractivity contribution in [2.75, 3.05) is 17.2 Å². The van der Waals surface area contributed by atoms with Gasteiger partial charge in [-0.15, -0.1) is 0 Å². The Morgan fingerprint density at radius 2 is 1.91 bits per heavy atom. The summed E-state index contributed by atoms with van der Waals surface area (Å²) < 4.78 is 0. The molecule has 0 aliphatic carbocycles. The Bertz CT molecular complexity index is 638. The van der Waals surface area contributed by atoms with Crippen molar-refractivity contribution in [2.45, 2.75) is 33.6 Å². The molecule has 0 amide bonds. The van der Waals surface area contributed by atoms with Gasteiger partial charge in [0.25, 0.3) is 0 Å². The molecule has 0 aliphatic heterocycles. The zero-order chi connectivity index (χ0) is 15.9. The average molecular weight is 298 g/mol. The second-order valence-electron chi connectivity index (χ2n) is 5.26. The van der Waals surface area contributed by atoms with Crippen LogP contribution in [0.4, 0.5) is 17.5 Å². The van der Waals surface area contributed by atoms with E-state index in [1.54, 1.807) is 19.1 Å². The SMILES string of the molecule is CCCCNc1nc(C)cc(Nc2ccc(C(C)=O)cc2)n1. The topological polar surface area (TPSA) is 66.9 Å². The lowest BCUT2D eigenvalue weighted by Crippen LogP contribution is -2.07. The molecule has 1 aromatic heterocycles. The number of nitrogens with zero attached hydrogens (tertiary/aromatic N) is 2. The van der Waals surface area contributed by atoms with Crippen molar-refractivity contribution in [3.8, 4) is 0 Å². The van der Waals surface area contributed by atoms with E-state index in [4.69, 9.17) is 0 Å². The maximum atomic E-state index is 11.3. The zero-order valence-corrected chi connectivity index (χ0v) is 13.3. The lowest BCUT2D eigenvalue weighted by Gasteiger charge is -2.10. The number of carbonyl (C=O) groups excluding carboxylic acids is 1. The summed E-state index contributed by atoms with van der Waals surface area (Å²) in [7, 11) is 0. The standard InChI is InChI=1S/C17H22N4O/c1-4-5-10-18-17-19-12(2)11-16(21-17)20-15-8-6-14(7-9-15)13(3)22/h6-9,11H,4-5,10H2,1-3H3,(H2,18,19,20,21). The molecular formula is C17H22N4O. The van der Waals surface area contributed by atoms with Crippen LogP contribution in [0.25, 0.3) is 0 Å². The number of benzene rings is 1. The molecule has 5 heteroatoms. The monoisotopic (exact) mass is 298 g/mol. The van der Waals surface area contributed by atoms with Crippen molar-refractivity contribution >= 4 is 23.2 Å². The molecule has 0 aliphatic rings. The lowest BCUT2D eigenvalue weighted by molar-refractivity contribution is 0.101. The molecule has 0 fully saturated rings. The van der Waals surface area contributed by atoms with Crippen molar-refractivity contribution in [1.82, 2.24) is 9.97 Å². The number of carbonyl (C=O) groups is 1. The molecule has 0 unspecified atom stereocenters. The van der Waals surface area contributed by atoms with Crippen molar-refractivity contribution < 1.29 is 4.79 Å². The van der Waals surface area contributed by atoms with Crippen LogP contribution in [0.15, 0.2) is 30.3 Å². The Morgan fingerprint density at radius 1 is 1.18 bits per heavy atom. The first kappa shape index (κ1) is 15.9. The van der Waals surface area contributed by atoms with Crippen LogP contribution in [0, 0.1) is 6.92 Å². The van der Waals surface area contributed by atoms with E-state index < -0.39 is 0 Å². The molecule has 1 aromatic carbocycles. The van der Waals surface area contributed by atoms with Crippen molar-refractivity contribution in [1.29, 1.82) is 0 Å². The fourth-order valence-corrected chi connectivity index (χ4v) is 2.02. The van der Waals surface area contributed by atoms with Crippen LogP contribution in [0.1, 0.15) is 42.7 Å². The fraction of sp³-hybridized carbons (Fsp3) is 0.353. The summed E-state index contributed by atoms with van der Waals surface area (Å²) >= 11 is 0. The van der Waals surface area contributed by atoms with Crippen molar-refractivity contribution in [3.63, 3.8) is 0 Å². The average Bonchev–Trinajstić information content (AvgIpc) is 2.47. The third-order valence-electron chi connectivity index (χ3n) is 3.23. The third kappa shape index (κ3) is 4.55. The van der Waals surface area contributed by atoms with Gasteiger partial charge in [-0.1, -0.05) is 13.3 Å². The van der Waals surface area contributed by atoms with Crippen molar-refractivity contribution in [2.24, 2.45) is 0 Å². The Morgan fingerprint density at radius 3 is 2.55 bits per heavy atom. The summed E-state index contributed by atoms with van der Waals surface area (Å²) in [5, 5.41) is 6.47. The molecule has 0 radical (unpaired) electrons. The van der Waals surface area contributed by atoms with Crippen LogP contribution in [0.3, 0.4) is 0 Å². The number of anilines is 3. The summed E-state index contributed by atoms with van der Waals surface area (Å²) in [6.07, 6.45) is 2.22. The highest BCUT2D eigenvalue weighted by Gasteiger charge is 2.03. The first-order chi connectivity index (χ1) is 10.6. The summed E-state index contributed by atoms with van der Waals surface area (Å²) in [6, 6.07) is 9.25. The second kappa shape index (κ2) is 7.54. The summed E-state index contributed by atoms with van der Waals surface area (Å²) in [5.74, 6) is 1.44. The smallest absolute Gasteiger partial charge is 0.224 e. The Balaban J connectivity index is 2.09. The molecule has 1 heterocycles. The van der Waals surface area contributed by atoms with Crippen LogP contribution in [0.5, 0.6) is 0 Å². The summed E-state index contributed by atoms with van der Waals surface area (Å²) in [6.45, 7) is 6.52. The molecule has 2 N–H and O–H groups in total. The van der Waals surface area contributed by atoms with E-state index in [1.165, 1.54) is 0 Å². The quantitative estimate of drug-likeness (QED) is 0.598. The van der Waals surface area contributed by atoms with E-state index in [0.717, 1.165) is 36.6 Å². The van der Waals surface area contributed by atoms with E-state index in [-0.39, 0.29) is 5.78 Å². The molecule has 0 saturated heterocycles. The highest BCUT2D eigenvalue weighted by atomic mass is 16.1. The largest absolute Gasteiger partial charge is 0.354 e. The number of hydrogen-bond donors (Lipinski definition) is 2. The molecule has 0 atom stereocenters. The predicted molar refractivity (Wildman–Crippen MR) is 89.9 cm³/mol. The Hall–Kier alpha value is -2.43. The third-order valence-corrected chi connectivity index (χ3v) is 3.23. The zero-order valence-electron chi connectivity index (χ0n) is 13.3. The normalized spacial score (nSPS) is 10.3. The number of hydrogen-bond acceptors (Lipinski definition) is 5. The number of aromatic nitrogens is 2. The molecule has 5 nitrogen and oxygen atoms in total. The molecule has 0 spiro atoms. The van der Waals surface area contributed by atoms with Crippen LogP contribution >= 0.6 is 0 Å². The van der Waals surface area contributed by atoms with Crippen LogP contribution in [-0.4, -0.2) is 22.3 Å². The second-order valence-corrected chi connectivity index (χ2v) is 5.26. The predicted octanol–water partition coefficient (Wildman–Crippen LogP) is 3.94. The maximum Gasteiger partial charge on any atom is 0.224 e. The Kier molecular flexibility index (Phi) is 5.47. The number of ketones is 1. The molecule has 0 bridgehead atoms. The van der Waals surface area contributed by atoms with E-state index in [1.807, 2.05) is 25.1 Å². The minimum Gasteiger partial charge on any atom is -0.354 e. The van der Waals surface area contributed by atoms with Crippen LogP contribution in [-0.2, 0) is 0 Å². The number of rotatable bonds is 7. The fourth-order valence-electron chi connectivity index (χ4n) is 2.02. The highest BCUT2D eigenvalue weighted by molar-refractivity contribution is 5.94. The first-order valence-electron chi connectivity index (χ1n) is 7.56. The molecule has 22 heavy (non-hydrogen) atoms. The van der Waals surface area contributed by atoms with Gasteiger partial charge in [0.05, 0.1) is 0 Å². The minimum absolute atomic E-state index is 0.0619. The van der Waals surface area contributed by atoms with Crippen LogP contribution < -0.4 is 10.6 Å².